The first kappa shape index (κ1) is 23.5. The molecular formula is C26H32N4O4S. The summed E-state index contributed by atoms with van der Waals surface area (Å²) in [7, 11) is 3.31. The van der Waals surface area contributed by atoms with E-state index in [1.165, 1.54) is 11.3 Å². The van der Waals surface area contributed by atoms with Crippen molar-refractivity contribution in [2.75, 3.05) is 39.2 Å². The molecule has 2 aromatic rings. The molecule has 0 radical (unpaired) electrons. The highest BCUT2D eigenvalue weighted by Crippen LogP contribution is 2.49. The summed E-state index contributed by atoms with van der Waals surface area (Å²) in [6.45, 7) is 6.46. The molecule has 8 nitrogen and oxygen atoms in total. The average molecular weight is 497 g/mol. The number of anilines is 1. The molecule has 2 fully saturated rings. The Morgan fingerprint density at radius 1 is 1.23 bits per heavy atom. The molecule has 4 heterocycles. The highest BCUT2D eigenvalue weighted by Gasteiger charge is 2.55. The van der Waals surface area contributed by atoms with Crippen molar-refractivity contribution >= 4 is 28.4 Å². The van der Waals surface area contributed by atoms with Crippen molar-refractivity contribution < 1.29 is 19.1 Å². The number of methoxy groups -OCH3 is 2. The van der Waals surface area contributed by atoms with Crippen molar-refractivity contribution in [2.45, 2.75) is 44.7 Å². The van der Waals surface area contributed by atoms with Crippen molar-refractivity contribution in [1.29, 1.82) is 0 Å². The van der Waals surface area contributed by atoms with Crippen LogP contribution in [0.15, 0.2) is 41.4 Å². The van der Waals surface area contributed by atoms with Gasteiger partial charge in [0.1, 0.15) is 11.5 Å². The molecule has 1 unspecified atom stereocenters. The topological polar surface area (TPSA) is 74.4 Å². The molecule has 0 aliphatic carbocycles. The predicted octanol–water partition coefficient (Wildman–Crippen LogP) is 5.09. The number of urea groups is 2. The number of ether oxygens (including phenoxy) is 2. The summed E-state index contributed by atoms with van der Waals surface area (Å²) in [5, 5.41) is 5.78. The zero-order valence-electron chi connectivity index (χ0n) is 20.7. The van der Waals surface area contributed by atoms with E-state index in [2.05, 4.69) is 18.3 Å². The number of hydrogen-bond acceptors (Lipinski definition) is 5. The number of nitrogens with zero attached hydrogens (tertiary/aromatic N) is 3. The van der Waals surface area contributed by atoms with E-state index in [4.69, 9.17) is 9.47 Å². The highest BCUT2D eigenvalue weighted by molar-refractivity contribution is 7.14. The summed E-state index contributed by atoms with van der Waals surface area (Å²) in [6.07, 6.45) is 3.64. The van der Waals surface area contributed by atoms with E-state index in [1.807, 2.05) is 51.3 Å². The Morgan fingerprint density at radius 3 is 2.63 bits per heavy atom. The van der Waals surface area contributed by atoms with Crippen molar-refractivity contribution in [2.24, 2.45) is 0 Å². The van der Waals surface area contributed by atoms with Crippen LogP contribution >= 0.6 is 11.3 Å². The molecule has 1 N–H and O–H groups in total. The Morgan fingerprint density at radius 2 is 2.00 bits per heavy atom. The van der Waals surface area contributed by atoms with Crippen LogP contribution in [0.4, 0.5) is 14.6 Å². The normalized spacial score (nSPS) is 20.8. The van der Waals surface area contributed by atoms with Gasteiger partial charge in [0, 0.05) is 42.9 Å². The van der Waals surface area contributed by atoms with Gasteiger partial charge in [-0.05, 0) is 48.9 Å². The summed E-state index contributed by atoms with van der Waals surface area (Å²) >= 11 is 1.51. The van der Waals surface area contributed by atoms with Crippen LogP contribution < -0.4 is 14.8 Å². The number of benzene rings is 1. The number of amides is 4. The standard InChI is InChI=1S/C26H32N4O4S/c1-5-30-25(32)29-16-18-14-19(33-3)15-20(34-4)23(18)17(2)13-21(29)26(30)8-10-28(11-9-26)24(31)27-22-7-6-12-35-22/h6-7,12-15,17H,5,8-11,16H2,1-4H3,(H,27,31). The van der Waals surface area contributed by atoms with E-state index in [0.717, 1.165) is 33.3 Å². The van der Waals surface area contributed by atoms with Crippen LogP contribution in [-0.4, -0.2) is 66.2 Å². The summed E-state index contributed by atoms with van der Waals surface area (Å²) in [6, 6.07) is 7.68. The van der Waals surface area contributed by atoms with Crippen molar-refractivity contribution in [1.82, 2.24) is 14.7 Å². The first-order valence-electron chi connectivity index (χ1n) is 12.1. The van der Waals surface area contributed by atoms with Crippen LogP contribution in [0.3, 0.4) is 0 Å². The Labute approximate surface area is 210 Å². The monoisotopic (exact) mass is 496 g/mol. The summed E-state index contributed by atoms with van der Waals surface area (Å²) in [4.78, 5) is 32.3. The fourth-order valence-corrected chi connectivity index (χ4v) is 6.49. The average Bonchev–Trinajstić information content (AvgIpc) is 3.40. The molecule has 9 heteroatoms. The van der Waals surface area contributed by atoms with Gasteiger partial charge in [0.05, 0.1) is 31.3 Å². The van der Waals surface area contributed by atoms with E-state index in [1.54, 1.807) is 14.2 Å². The minimum absolute atomic E-state index is 0.0251. The molecule has 4 amide bonds. The lowest BCUT2D eigenvalue weighted by Gasteiger charge is -2.44. The second kappa shape index (κ2) is 9.11. The Balaban J connectivity index is 1.46. The third-order valence-corrected chi connectivity index (χ3v) is 8.33. The van der Waals surface area contributed by atoms with Gasteiger partial charge < -0.3 is 19.3 Å². The Hall–Kier alpha value is -3.20. The number of fused-ring (bicyclic) bond motifs is 3. The van der Waals surface area contributed by atoms with E-state index < -0.39 is 5.54 Å². The maximum absolute atomic E-state index is 13.7. The smallest absolute Gasteiger partial charge is 0.325 e. The van der Waals surface area contributed by atoms with E-state index in [9.17, 15) is 9.59 Å². The molecule has 35 heavy (non-hydrogen) atoms. The van der Waals surface area contributed by atoms with Gasteiger partial charge in [-0.15, -0.1) is 11.3 Å². The molecule has 0 saturated carbocycles. The number of carbonyl (C=O) groups is 2. The minimum atomic E-state index is -0.417. The Kier molecular flexibility index (Phi) is 6.13. The molecule has 3 aliphatic rings. The van der Waals surface area contributed by atoms with E-state index >= 15 is 0 Å². The lowest BCUT2D eigenvalue weighted by Crippen LogP contribution is -2.55. The quantitative estimate of drug-likeness (QED) is 0.640. The number of carbonyl (C=O) groups excluding carboxylic acids is 2. The van der Waals surface area contributed by atoms with Gasteiger partial charge in [-0.25, -0.2) is 9.59 Å². The molecule has 2 saturated heterocycles. The maximum atomic E-state index is 13.7. The second-order valence-corrected chi connectivity index (χ2v) is 10.2. The van der Waals surface area contributed by atoms with Gasteiger partial charge in [-0.3, -0.25) is 10.2 Å². The molecule has 0 bridgehead atoms. The fourth-order valence-electron chi connectivity index (χ4n) is 5.88. The largest absolute Gasteiger partial charge is 0.497 e. The molecule has 186 valence electrons. The lowest BCUT2D eigenvalue weighted by molar-refractivity contribution is 0.106. The molecule has 1 atom stereocenters. The third kappa shape index (κ3) is 3.82. The van der Waals surface area contributed by atoms with Crippen molar-refractivity contribution in [3.63, 3.8) is 0 Å². The van der Waals surface area contributed by atoms with Crippen LogP contribution in [0, 0.1) is 0 Å². The van der Waals surface area contributed by atoms with Crippen molar-refractivity contribution in [3.05, 3.63) is 52.5 Å². The van der Waals surface area contributed by atoms with E-state index in [0.29, 0.717) is 39.0 Å². The number of likely N-dealkylation sites (tertiary alicyclic amines) is 1. The van der Waals surface area contributed by atoms with Crippen molar-refractivity contribution in [3.8, 4) is 11.5 Å². The summed E-state index contributed by atoms with van der Waals surface area (Å²) in [5.41, 5.74) is 2.76. The summed E-state index contributed by atoms with van der Waals surface area (Å²) < 4.78 is 11.2. The third-order valence-electron chi connectivity index (χ3n) is 7.54. The van der Waals surface area contributed by atoms with Gasteiger partial charge in [0.15, 0.2) is 0 Å². The van der Waals surface area contributed by atoms with Crippen LogP contribution in [0.1, 0.15) is 43.7 Å². The molecule has 1 spiro atoms. The number of hydrogen-bond donors (Lipinski definition) is 1. The zero-order chi connectivity index (χ0) is 24.7. The highest BCUT2D eigenvalue weighted by atomic mass is 32.1. The van der Waals surface area contributed by atoms with Gasteiger partial charge in [0.2, 0.25) is 0 Å². The van der Waals surface area contributed by atoms with E-state index in [-0.39, 0.29) is 18.0 Å². The van der Waals surface area contributed by atoms with Gasteiger partial charge in [-0.2, -0.15) is 0 Å². The maximum Gasteiger partial charge on any atom is 0.325 e. The molecule has 3 aliphatic heterocycles. The van der Waals surface area contributed by atoms with Crippen LogP contribution in [0.2, 0.25) is 0 Å². The van der Waals surface area contributed by atoms with Crippen LogP contribution in [0.5, 0.6) is 11.5 Å². The molecule has 1 aromatic carbocycles. The first-order valence-corrected chi connectivity index (χ1v) is 13.0. The number of piperidine rings is 1. The number of nitrogens with one attached hydrogen (secondary N) is 1. The SMILES string of the molecule is CCN1C(=O)N2Cc3cc(OC)cc(OC)c3C(C)C=C2C12CCN(C(=O)Nc1cccs1)CC2. The first-order chi connectivity index (χ1) is 16.9. The summed E-state index contributed by atoms with van der Waals surface area (Å²) in [5.74, 6) is 1.56. The van der Waals surface area contributed by atoms with Crippen LogP contribution in [-0.2, 0) is 6.54 Å². The Bertz CT molecular complexity index is 1150. The lowest BCUT2D eigenvalue weighted by atomic mass is 9.82. The van der Waals surface area contributed by atoms with Gasteiger partial charge >= 0.3 is 12.1 Å². The predicted molar refractivity (Wildman–Crippen MR) is 136 cm³/mol. The second-order valence-electron chi connectivity index (χ2n) is 9.28. The number of likely N-dealkylation sites (N-methyl/N-ethyl adjacent to an activating group) is 1. The van der Waals surface area contributed by atoms with Gasteiger partial charge in [-0.1, -0.05) is 13.0 Å². The number of thiophene rings is 1. The molecule has 1 aromatic heterocycles. The fraction of sp³-hybridized carbons (Fsp3) is 0.462. The van der Waals surface area contributed by atoms with Crippen LogP contribution in [0.25, 0.3) is 0 Å². The zero-order valence-corrected chi connectivity index (χ0v) is 21.5. The number of allylic oxidation sites excluding steroid dienone is 1. The number of rotatable bonds is 4. The minimum Gasteiger partial charge on any atom is -0.497 e. The molecular weight excluding hydrogens is 464 g/mol. The molecule has 5 rings (SSSR count). The van der Waals surface area contributed by atoms with Gasteiger partial charge in [0.25, 0.3) is 0 Å².